The molecule has 1 aromatic heterocycles. The molecule has 0 saturated heterocycles. The minimum absolute atomic E-state index is 0.111. The van der Waals surface area contributed by atoms with Crippen LogP contribution in [0.1, 0.15) is 36.1 Å². The minimum Gasteiger partial charge on any atom is -0.476 e. The largest absolute Gasteiger partial charge is 0.476 e. The van der Waals surface area contributed by atoms with Crippen molar-refractivity contribution in [3.8, 4) is 0 Å². The monoisotopic (exact) mass is 277 g/mol. The van der Waals surface area contributed by atoms with E-state index in [1.807, 2.05) is 0 Å². The molecule has 1 N–H and O–H groups in total. The predicted molar refractivity (Wildman–Crippen MR) is 62.4 cm³/mol. The Morgan fingerprint density at radius 2 is 2.05 bits per heavy atom. The SMILES string of the molecule is CC(C)c1ncc(N(C)CC(F)(F)F)c(C(=O)O)n1. The van der Waals surface area contributed by atoms with Gasteiger partial charge in [0, 0.05) is 13.0 Å². The van der Waals surface area contributed by atoms with Gasteiger partial charge in [-0.15, -0.1) is 0 Å². The van der Waals surface area contributed by atoms with Crippen molar-refractivity contribution in [1.82, 2.24) is 9.97 Å². The van der Waals surface area contributed by atoms with Gasteiger partial charge in [-0.3, -0.25) is 0 Å². The number of hydrogen-bond donors (Lipinski definition) is 1. The zero-order valence-electron chi connectivity index (χ0n) is 10.7. The molecule has 8 heteroatoms. The summed E-state index contributed by atoms with van der Waals surface area (Å²) < 4.78 is 36.9. The van der Waals surface area contributed by atoms with Gasteiger partial charge >= 0.3 is 12.1 Å². The van der Waals surface area contributed by atoms with Gasteiger partial charge in [-0.2, -0.15) is 13.2 Å². The van der Waals surface area contributed by atoms with Gasteiger partial charge in [0.25, 0.3) is 0 Å². The molecule has 0 aliphatic rings. The van der Waals surface area contributed by atoms with Crippen LogP contribution in [-0.2, 0) is 0 Å². The molecule has 1 aromatic rings. The zero-order chi connectivity index (χ0) is 14.8. The number of anilines is 1. The Morgan fingerprint density at radius 3 is 2.47 bits per heavy atom. The smallest absolute Gasteiger partial charge is 0.405 e. The molecule has 0 saturated carbocycles. The quantitative estimate of drug-likeness (QED) is 0.914. The molecule has 0 unspecified atom stereocenters. The maximum atomic E-state index is 12.3. The topological polar surface area (TPSA) is 66.3 Å². The standard InChI is InChI=1S/C11H14F3N3O2/c1-6(2)9-15-4-7(8(16-9)10(18)19)17(3)5-11(12,13)14/h4,6H,5H2,1-3H3,(H,18,19). The van der Waals surface area contributed by atoms with Gasteiger partial charge in [-0.05, 0) is 0 Å². The van der Waals surface area contributed by atoms with E-state index in [1.54, 1.807) is 13.8 Å². The van der Waals surface area contributed by atoms with Gasteiger partial charge < -0.3 is 10.0 Å². The van der Waals surface area contributed by atoms with Gasteiger partial charge in [0.15, 0.2) is 5.69 Å². The number of halogens is 3. The molecule has 19 heavy (non-hydrogen) atoms. The Bertz CT molecular complexity index is 475. The van der Waals surface area contributed by atoms with Crippen LogP contribution in [0, 0.1) is 0 Å². The van der Waals surface area contributed by atoms with E-state index >= 15 is 0 Å². The molecule has 1 heterocycles. The summed E-state index contributed by atoms with van der Waals surface area (Å²) in [5.74, 6) is -1.21. The van der Waals surface area contributed by atoms with Crippen molar-refractivity contribution in [1.29, 1.82) is 0 Å². The van der Waals surface area contributed by atoms with Crippen molar-refractivity contribution in [3.05, 3.63) is 17.7 Å². The lowest BCUT2D eigenvalue weighted by molar-refractivity contribution is -0.119. The molecule has 0 spiro atoms. The fraction of sp³-hybridized carbons (Fsp3) is 0.545. The lowest BCUT2D eigenvalue weighted by Crippen LogP contribution is -2.32. The number of hydrogen-bond acceptors (Lipinski definition) is 4. The number of carbonyl (C=O) groups is 1. The lowest BCUT2D eigenvalue weighted by atomic mass is 10.2. The summed E-state index contributed by atoms with van der Waals surface area (Å²) in [5, 5.41) is 9.02. The fourth-order valence-electron chi connectivity index (χ4n) is 1.46. The van der Waals surface area contributed by atoms with Gasteiger partial charge in [0.2, 0.25) is 0 Å². The third-order valence-corrected chi connectivity index (χ3v) is 2.33. The average molecular weight is 277 g/mol. The number of aromatic nitrogens is 2. The second-order valence-electron chi connectivity index (χ2n) is 4.39. The summed E-state index contributed by atoms with van der Waals surface area (Å²) in [6.07, 6.45) is -3.32. The summed E-state index contributed by atoms with van der Waals surface area (Å²) in [4.78, 5) is 19.5. The van der Waals surface area contributed by atoms with Gasteiger partial charge in [-0.1, -0.05) is 13.8 Å². The number of carboxylic acids is 1. The van der Waals surface area contributed by atoms with Crippen molar-refractivity contribution in [3.63, 3.8) is 0 Å². The molecular formula is C11H14F3N3O2. The Morgan fingerprint density at radius 1 is 1.47 bits per heavy atom. The number of alkyl halides is 3. The molecule has 5 nitrogen and oxygen atoms in total. The first-order chi connectivity index (χ1) is 8.61. The fourth-order valence-corrected chi connectivity index (χ4v) is 1.46. The van der Waals surface area contributed by atoms with Gasteiger partial charge in [0.05, 0.1) is 11.9 Å². The van der Waals surface area contributed by atoms with E-state index in [-0.39, 0.29) is 17.4 Å². The number of carboxylic acid groups (broad SMARTS) is 1. The molecule has 0 aliphatic carbocycles. The van der Waals surface area contributed by atoms with Crippen LogP contribution in [0.3, 0.4) is 0 Å². The summed E-state index contributed by atoms with van der Waals surface area (Å²) in [6.45, 7) is 2.26. The Kier molecular flexibility index (Phi) is 4.33. The van der Waals surface area contributed by atoms with E-state index in [1.165, 1.54) is 0 Å². The van der Waals surface area contributed by atoms with Gasteiger partial charge in [-0.25, -0.2) is 14.8 Å². The van der Waals surface area contributed by atoms with Crippen molar-refractivity contribution in [2.75, 3.05) is 18.5 Å². The van der Waals surface area contributed by atoms with E-state index in [4.69, 9.17) is 5.11 Å². The van der Waals surface area contributed by atoms with Crippen LogP contribution in [0.5, 0.6) is 0 Å². The first kappa shape index (κ1) is 15.2. The van der Waals surface area contributed by atoms with Crippen LogP contribution < -0.4 is 4.90 Å². The van der Waals surface area contributed by atoms with Crippen LogP contribution in [0.4, 0.5) is 18.9 Å². The summed E-state index contributed by atoms with van der Waals surface area (Å²) in [7, 11) is 1.15. The third kappa shape index (κ3) is 4.08. The molecule has 0 bridgehead atoms. The van der Waals surface area contributed by atoms with Crippen LogP contribution in [0.2, 0.25) is 0 Å². The van der Waals surface area contributed by atoms with E-state index in [2.05, 4.69) is 9.97 Å². The molecule has 106 valence electrons. The normalized spacial score (nSPS) is 11.7. The Balaban J connectivity index is 3.17. The highest BCUT2D eigenvalue weighted by atomic mass is 19.4. The third-order valence-electron chi connectivity index (χ3n) is 2.33. The number of aromatic carboxylic acids is 1. The van der Waals surface area contributed by atoms with E-state index in [0.29, 0.717) is 0 Å². The van der Waals surface area contributed by atoms with Crippen LogP contribution in [-0.4, -0.2) is 40.8 Å². The van der Waals surface area contributed by atoms with Gasteiger partial charge in [0.1, 0.15) is 12.4 Å². The molecular weight excluding hydrogens is 263 g/mol. The first-order valence-electron chi connectivity index (χ1n) is 5.50. The average Bonchev–Trinajstić information content (AvgIpc) is 2.25. The molecule has 0 aliphatic heterocycles. The Hall–Kier alpha value is -1.86. The molecule has 0 aromatic carbocycles. The molecule has 0 amide bonds. The van der Waals surface area contributed by atoms with E-state index < -0.39 is 24.4 Å². The molecule has 0 atom stereocenters. The molecule has 1 rings (SSSR count). The van der Waals surface area contributed by atoms with E-state index in [0.717, 1.165) is 18.1 Å². The van der Waals surface area contributed by atoms with Crippen molar-refractivity contribution >= 4 is 11.7 Å². The van der Waals surface area contributed by atoms with Crippen molar-refractivity contribution in [2.45, 2.75) is 25.9 Å². The number of rotatable bonds is 4. The lowest BCUT2D eigenvalue weighted by Gasteiger charge is -2.22. The maximum Gasteiger partial charge on any atom is 0.405 e. The van der Waals surface area contributed by atoms with E-state index in [9.17, 15) is 18.0 Å². The van der Waals surface area contributed by atoms with Crippen LogP contribution in [0.15, 0.2) is 6.20 Å². The first-order valence-corrected chi connectivity index (χ1v) is 5.50. The predicted octanol–water partition coefficient (Wildman–Crippen LogP) is 2.30. The van der Waals surface area contributed by atoms with Crippen LogP contribution >= 0.6 is 0 Å². The van der Waals surface area contributed by atoms with Crippen molar-refractivity contribution in [2.24, 2.45) is 0 Å². The Labute approximate surface area is 108 Å². The zero-order valence-corrected chi connectivity index (χ0v) is 10.7. The number of nitrogens with zero attached hydrogens (tertiary/aromatic N) is 3. The summed E-state index contributed by atoms with van der Waals surface area (Å²) >= 11 is 0. The molecule has 0 radical (unpaired) electrons. The second kappa shape index (κ2) is 5.41. The highest BCUT2D eigenvalue weighted by Crippen LogP contribution is 2.23. The highest BCUT2D eigenvalue weighted by molar-refractivity contribution is 5.91. The highest BCUT2D eigenvalue weighted by Gasteiger charge is 2.31. The summed E-state index contributed by atoms with van der Waals surface area (Å²) in [6, 6.07) is 0. The summed E-state index contributed by atoms with van der Waals surface area (Å²) in [5.41, 5.74) is -0.584. The molecule has 0 fully saturated rings. The maximum absolute atomic E-state index is 12.3. The second-order valence-corrected chi connectivity index (χ2v) is 4.39. The minimum atomic E-state index is -4.43. The van der Waals surface area contributed by atoms with Crippen molar-refractivity contribution < 1.29 is 23.1 Å². The van der Waals surface area contributed by atoms with Crippen LogP contribution in [0.25, 0.3) is 0 Å².